The van der Waals surface area contributed by atoms with Gasteiger partial charge in [0.15, 0.2) is 10.8 Å². The van der Waals surface area contributed by atoms with Crippen molar-refractivity contribution < 1.29 is 9.53 Å². The van der Waals surface area contributed by atoms with Gasteiger partial charge in [0.2, 0.25) is 0 Å². The molecule has 1 saturated carbocycles. The predicted octanol–water partition coefficient (Wildman–Crippen LogP) is 2.60. The summed E-state index contributed by atoms with van der Waals surface area (Å²) in [6.45, 7) is 2.12. The molecule has 0 spiro atoms. The maximum Gasteiger partial charge on any atom is 0.176 e. The van der Waals surface area contributed by atoms with Crippen molar-refractivity contribution in [1.82, 2.24) is 0 Å². The van der Waals surface area contributed by atoms with Gasteiger partial charge in [0, 0.05) is 5.92 Å². The Morgan fingerprint density at radius 3 is 2.77 bits per heavy atom. The first-order valence-corrected chi connectivity index (χ1v) is 5.22. The summed E-state index contributed by atoms with van der Waals surface area (Å²) in [6, 6.07) is 3.71. The lowest BCUT2D eigenvalue weighted by molar-refractivity contribution is 0.0966. The molecule has 2 nitrogen and oxygen atoms in total. The monoisotopic (exact) mass is 196 g/mol. The normalized spacial score (nSPS) is 25.7. The molecule has 1 aromatic heterocycles. The van der Waals surface area contributed by atoms with Gasteiger partial charge in [0.05, 0.1) is 12.0 Å². The summed E-state index contributed by atoms with van der Waals surface area (Å²) in [5.74, 6) is 1.16. The van der Waals surface area contributed by atoms with Gasteiger partial charge in [-0.3, -0.25) is 4.79 Å². The number of ketones is 1. The molecule has 1 aliphatic carbocycles. The number of methoxy groups -OCH3 is 1. The molecule has 70 valence electrons. The van der Waals surface area contributed by atoms with Crippen LogP contribution in [0.25, 0.3) is 0 Å². The van der Waals surface area contributed by atoms with Gasteiger partial charge in [0.1, 0.15) is 0 Å². The number of ether oxygens (including phenoxy) is 1. The molecule has 0 radical (unpaired) electrons. The highest BCUT2D eigenvalue weighted by atomic mass is 32.1. The lowest BCUT2D eigenvalue weighted by Gasteiger charge is -1.93. The minimum Gasteiger partial charge on any atom is -0.487 e. The highest BCUT2D eigenvalue weighted by Crippen LogP contribution is 2.41. The van der Waals surface area contributed by atoms with E-state index in [0.717, 1.165) is 16.4 Å². The summed E-state index contributed by atoms with van der Waals surface area (Å²) in [4.78, 5) is 12.5. The van der Waals surface area contributed by atoms with E-state index in [2.05, 4.69) is 6.92 Å². The smallest absolute Gasteiger partial charge is 0.176 e. The number of carbonyl (C=O) groups excluding carboxylic acids is 1. The van der Waals surface area contributed by atoms with Crippen LogP contribution in [0.4, 0.5) is 0 Å². The molecule has 1 aliphatic rings. The Morgan fingerprint density at radius 2 is 2.31 bits per heavy atom. The molecule has 0 bridgehead atoms. The Labute approximate surface area is 81.5 Å². The summed E-state index contributed by atoms with van der Waals surface area (Å²) >= 11 is 1.44. The van der Waals surface area contributed by atoms with Crippen LogP contribution < -0.4 is 4.74 Å². The van der Waals surface area contributed by atoms with Gasteiger partial charge in [0.25, 0.3) is 0 Å². The van der Waals surface area contributed by atoms with Gasteiger partial charge in [-0.05, 0) is 24.5 Å². The highest BCUT2D eigenvalue weighted by Gasteiger charge is 2.39. The van der Waals surface area contributed by atoms with E-state index in [1.54, 1.807) is 7.11 Å². The molecule has 1 fully saturated rings. The van der Waals surface area contributed by atoms with E-state index in [4.69, 9.17) is 4.74 Å². The first kappa shape index (κ1) is 8.75. The number of hydrogen-bond donors (Lipinski definition) is 0. The van der Waals surface area contributed by atoms with Gasteiger partial charge in [-0.15, -0.1) is 0 Å². The van der Waals surface area contributed by atoms with Crippen LogP contribution in [0.2, 0.25) is 0 Å². The van der Waals surface area contributed by atoms with Crippen LogP contribution in [0.15, 0.2) is 12.1 Å². The van der Waals surface area contributed by atoms with Crippen LogP contribution >= 0.6 is 11.3 Å². The van der Waals surface area contributed by atoms with Crippen LogP contribution in [0.5, 0.6) is 5.06 Å². The maximum absolute atomic E-state index is 11.7. The van der Waals surface area contributed by atoms with Crippen LogP contribution in [-0.4, -0.2) is 12.9 Å². The molecule has 1 aromatic rings. The first-order chi connectivity index (χ1) is 6.22. The summed E-state index contributed by atoms with van der Waals surface area (Å²) in [7, 11) is 1.62. The Hall–Kier alpha value is -0.830. The number of Topliss-reactive ketones (excluding diaryl/α,β-unsaturated/α-hetero) is 1. The first-order valence-electron chi connectivity index (χ1n) is 4.40. The Balaban J connectivity index is 2.11. The summed E-state index contributed by atoms with van der Waals surface area (Å²) in [6.07, 6.45) is 1.05. The SMILES string of the molecule is COc1ccc(C(=O)C2CC2C)s1. The zero-order valence-corrected chi connectivity index (χ0v) is 8.56. The molecule has 2 unspecified atom stereocenters. The average Bonchev–Trinajstić information content (AvgIpc) is 2.70. The van der Waals surface area contributed by atoms with Crippen molar-refractivity contribution in [3.63, 3.8) is 0 Å². The van der Waals surface area contributed by atoms with Crippen molar-refractivity contribution in [3.8, 4) is 5.06 Å². The topological polar surface area (TPSA) is 26.3 Å². The second-order valence-corrected chi connectivity index (χ2v) is 4.55. The van der Waals surface area contributed by atoms with Crippen molar-refractivity contribution in [1.29, 1.82) is 0 Å². The maximum atomic E-state index is 11.7. The molecule has 2 atom stereocenters. The third-order valence-corrected chi connectivity index (χ3v) is 3.53. The van der Waals surface area contributed by atoms with Gasteiger partial charge in [-0.25, -0.2) is 0 Å². The Bertz CT molecular complexity index is 329. The van der Waals surface area contributed by atoms with Crippen LogP contribution in [0.3, 0.4) is 0 Å². The van der Waals surface area contributed by atoms with Gasteiger partial charge in [-0.2, -0.15) is 0 Å². The zero-order valence-electron chi connectivity index (χ0n) is 7.74. The van der Waals surface area contributed by atoms with Crippen LogP contribution in [-0.2, 0) is 0 Å². The summed E-state index contributed by atoms with van der Waals surface area (Å²) in [5.41, 5.74) is 0. The average molecular weight is 196 g/mol. The van der Waals surface area contributed by atoms with Crippen molar-refractivity contribution >= 4 is 17.1 Å². The van der Waals surface area contributed by atoms with E-state index in [9.17, 15) is 4.79 Å². The summed E-state index contributed by atoms with van der Waals surface area (Å²) in [5, 5.41) is 0.816. The molecule has 3 heteroatoms. The van der Waals surface area contributed by atoms with Crippen LogP contribution in [0, 0.1) is 11.8 Å². The van der Waals surface area contributed by atoms with E-state index < -0.39 is 0 Å². The highest BCUT2D eigenvalue weighted by molar-refractivity contribution is 7.15. The van der Waals surface area contributed by atoms with E-state index in [1.165, 1.54) is 11.3 Å². The fourth-order valence-electron chi connectivity index (χ4n) is 1.43. The van der Waals surface area contributed by atoms with Gasteiger partial charge in [-0.1, -0.05) is 18.3 Å². The number of rotatable bonds is 3. The lowest BCUT2D eigenvalue weighted by atomic mass is 10.2. The van der Waals surface area contributed by atoms with E-state index in [0.29, 0.717) is 11.7 Å². The molecular formula is C10H12O2S. The minimum absolute atomic E-state index is 0.281. The molecule has 0 saturated heterocycles. The third-order valence-electron chi connectivity index (χ3n) is 2.47. The second-order valence-electron chi connectivity index (χ2n) is 3.51. The summed E-state index contributed by atoms with van der Waals surface area (Å²) < 4.78 is 5.04. The third kappa shape index (κ3) is 1.61. The van der Waals surface area contributed by atoms with Crippen LogP contribution in [0.1, 0.15) is 23.0 Å². The fraction of sp³-hybridized carbons (Fsp3) is 0.500. The minimum atomic E-state index is 0.281. The van der Waals surface area contributed by atoms with Gasteiger partial charge < -0.3 is 4.74 Å². The standard InChI is InChI=1S/C10H12O2S/c1-6-5-7(6)10(11)8-3-4-9(12-2)13-8/h3-4,6-7H,5H2,1-2H3. The molecule has 0 aromatic carbocycles. The van der Waals surface area contributed by atoms with E-state index >= 15 is 0 Å². The lowest BCUT2D eigenvalue weighted by Crippen LogP contribution is -1.99. The second kappa shape index (κ2) is 3.14. The molecule has 1 heterocycles. The molecule has 0 amide bonds. The quantitative estimate of drug-likeness (QED) is 0.694. The number of thiophene rings is 1. The molecule has 0 N–H and O–H groups in total. The molecule has 13 heavy (non-hydrogen) atoms. The Kier molecular flexibility index (Phi) is 2.12. The van der Waals surface area contributed by atoms with Gasteiger partial charge >= 0.3 is 0 Å². The molecule has 2 rings (SSSR count). The Morgan fingerprint density at radius 1 is 1.62 bits per heavy atom. The van der Waals surface area contributed by atoms with E-state index in [-0.39, 0.29) is 5.92 Å². The molecular weight excluding hydrogens is 184 g/mol. The molecule has 0 aliphatic heterocycles. The largest absolute Gasteiger partial charge is 0.487 e. The predicted molar refractivity (Wildman–Crippen MR) is 52.5 cm³/mol. The number of carbonyl (C=O) groups is 1. The number of hydrogen-bond acceptors (Lipinski definition) is 3. The van der Waals surface area contributed by atoms with Crippen molar-refractivity contribution in [2.24, 2.45) is 11.8 Å². The van der Waals surface area contributed by atoms with Crippen molar-refractivity contribution in [3.05, 3.63) is 17.0 Å². The fourth-order valence-corrected chi connectivity index (χ4v) is 2.26. The van der Waals surface area contributed by atoms with E-state index in [1.807, 2.05) is 12.1 Å². The zero-order chi connectivity index (χ0) is 9.42. The van der Waals surface area contributed by atoms with Crippen molar-refractivity contribution in [2.75, 3.05) is 7.11 Å². The van der Waals surface area contributed by atoms with Crippen molar-refractivity contribution in [2.45, 2.75) is 13.3 Å².